The van der Waals surface area contributed by atoms with Gasteiger partial charge in [-0.3, -0.25) is 0 Å². The van der Waals surface area contributed by atoms with Gasteiger partial charge in [-0.05, 0) is 0 Å². The fourth-order valence-electron chi connectivity index (χ4n) is 1.29. The van der Waals surface area contributed by atoms with E-state index >= 15 is 0 Å². The number of ether oxygens (including phenoxy) is 2. The van der Waals surface area contributed by atoms with Crippen LogP contribution in [0.1, 0.15) is 5.56 Å². The van der Waals surface area contributed by atoms with Gasteiger partial charge in [-0.2, -0.15) is 0 Å². The van der Waals surface area contributed by atoms with Gasteiger partial charge in [0.05, 0.1) is 25.0 Å². The summed E-state index contributed by atoms with van der Waals surface area (Å²) in [5.41, 5.74) is -0.0284. The summed E-state index contributed by atoms with van der Waals surface area (Å²) < 4.78 is 31.8. The molecule has 0 radical (unpaired) electrons. The van der Waals surface area contributed by atoms with E-state index in [1.54, 1.807) is 0 Å². The highest BCUT2D eigenvalue weighted by molar-refractivity contribution is 8.13. The fourth-order valence-corrected chi connectivity index (χ4v) is 2.59. The third kappa shape index (κ3) is 3.31. The predicted molar refractivity (Wildman–Crippen MR) is 64.7 cm³/mol. The number of hydrogen-bond donors (Lipinski definition) is 1. The number of benzene rings is 1. The van der Waals surface area contributed by atoms with E-state index in [4.69, 9.17) is 31.8 Å². The summed E-state index contributed by atoms with van der Waals surface area (Å²) >= 11 is 5.83. The van der Waals surface area contributed by atoms with Crippen molar-refractivity contribution in [2.24, 2.45) is 0 Å². The van der Waals surface area contributed by atoms with E-state index in [-0.39, 0.29) is 22.1 Å². The van der Waals surface area contributed by atoms with Gasteiger partial charge in [-0.1, -0.05) is 11.6 Å². The molecule has 0 bridgehead atoms. The maximum absolute atomic E-state index is 11.0. The minimum atomic E-state index is -3.84. The van der Waals surface area contributed by atoms with Gasteiger partial charge >= 0.3 is 0 Å². The smallest absolute Gasteiger partial charge is 0.236 e. The van der Waals surface area contributed by atoms with Gasteiger partial charge in [-0.15, -0.1) is 0 Å². The molecule has 1 aromatic rings. The Bertz CT molecular complexity index is 527. The maximum atomic E-state index is 11.0. The van der Waals surface area contributed by atoms with Crippen LogP contribution < -0.4 is 9.47 Å². The zero-order chi connectivity index (χ0) is 13.2. The van der Waals surface area contributed by atoms with Crippen molar-refractivity contribution in [1.29, 1.82) is 0 Å². The third-order valence-electron chi connectivity index (χ3n) is 2.01. The molecule has 5 nitrogen and oxygen atoms in total. The van der Waals surface area contributed by atoms with Crippen LogP contribution in [0, 0.1) is 0 Å². The Labute approximate surface area is 108 Å². The van der Waals surface area contributed by atoms with Crippen molar-refractivity contribution in [3.63, 3.8) is 0 Å². The molecule has 0 heterocycles. The second kappa shape index (κ2) is 5.20. The molecule has 0 amide bonds. The van der Waals surface area contributed by atoms with Crippen molar-refractivity contribution in [3.05, 3.63) is 16.7 Å². The minimum Gasteiger partial charge on any atom is -0.504 e. The number of halogens is 2. The number of methoxy groups -OCH3 is 2. The monoisotopic (exact) mass is 300 g/mol. The molecule has 0 saturated carbocycles. The Morgan fingerprint density at radius 2 is 1.94 bits per heavy atom. The lowest BCUT2D eigenvalue weighted by Crippen LogP contribution is -2.00. The topological polar surface area (TPSA) is 72.8 Å². The molecule has 0 saturated heterocycles. The second-order valence-electron chi connectivity index (χ2n) is 3.10. The quantitative estimate of drug-likeness (QED) is 0.862. The van der Waals surface area contributed by atoms with E-state index in [0.717, 1.165) is 0 Å². The van der Waals surface area contributed by atoms with Crippen LogP contribution in [0.5, 0.6) is 17.2 Å². The number of hydrogen-bond acceptors (Lipinski definition) is 5. The van der Waals surface area contributed by atoms with Crippen LogP contribution in [-0.2, 0) is 14.8 Å². The zero-order valence-electron chi connectivity index (χ0n) is 9.03. The number of aromatic hydroxyl groups is 1. The van der Waals surface area contributed by atoms with Gasteiger partial charge in [0.2, 0.25) is 14.8 Å². The zero-order valence-corrected chi connectivity index (χ0v) is 11.4. The molecule has 0 aliphatic rings. The van der Waals surface area contributed by atoms with Crippen molar-refractivity contribution in [2.75, 3.05) is 14.2 Å². The van der Waals surface area contributed by atoms with Crippen molar-refractivity contribution < 1.29 is 23.0 Å². The first-order valence-corrected chi connectivity index (χ1v) is 7.20. The molecule has 96 valence electrons. The molecule has 0 aliphatic heterocycles. The van der Waals surface area contributed by atoms with E-state index < -0.39 is 20.6 Å². The van der Waals surface area contributed by atoms with E-state index in [1.165, 1.54) is 20.3 Å². The molecule has 0 aliphatic carbocycles. The Hall–Kier alpha value is -0.850. The van der Waals surface area contributed by atoms with Crippen LogP contribution in [0.3, 0.4) is 0 Å². The van der Waals surface area contributed by atoms with E-state index in [0.29, 0.717) is 0 Å². The molecule has 8 heteroatoms. The van der Waals surface area contributed by atoms with E-state index in [2.05, 4.69) is 0 Å². The maximum Gasteiger partial charge on any atom is 0.236 e. The molecule has 1 rings (SSSR count). The number of rotatable bonds is 4. The lowest BCUT2D eigenvalue weighted by Gasteiger charge is -2.13. The summed E-state index contributed by atoms with van der Waals surface area (Å²) in [6, 6.07) is 1.34. The Morgan fingerprint density at radius 1 is 1.35 bits per heavy atom. The van der Waals surface area contributed by atoms with Gasteiger partial charge < -0.3 is 14.6 Å². The molecule has 0 spiro atoms. The standard InChI is InChI=1S/C9H10Cl2O5S/c1-15-7-3-6(10)5(4-17(11,13)14)8(12)9(7)16-2/h3,12H,4H2,1-2H3. The molecule has 1 aromatic carbocycles. The summed E-state index contributed by atoms with van der Waals surface area (Å²) in [7, 11) is 3.95. The molecule has 0 unspecified atom stereocenters. The first-order chi connectivity index (χ1) is 7.80. The normalized spacial score (nSPS) is 11.3. The SMILES string of the molecule is COc1cc(Cl)c(CS(=O)(=O)Cl)c(O)c1OC. The highest BCUT2D eigenvalue weighted by Crippen LogP contribution is 2.43. The lowest BCUT2D eigenvalue weighted by molar-refractivity contribution is 0.332. The van der Waals surface area contributed by atoms with Gasteiger partial charge in [0.15, 0.2) is 11.5 Å². The van der Waals surface area contributed by atoms with Crippen LogP contribution >= 0.6 is 22.3 Å². The molecule has 0 atom stereocenters. The average molecular weight is 301 g/mol. The highest BCUT2D eigenvalue weighted by atomic mass is 35.7. The Balaban J connectivity index is 3.42. The predicted octanol–water partition coefficient (Wildman–Crippen LogP) is 2.13. The second-order valence-corrected chi connectivity index (χ2v) is 6.29. The van der Waals surface area contributed by atoms with Crippen molar-refractivity contribution >= 4 is 31.3 Å². The lowest BCUT2D eigenvalue weighted by atomic mass is 10.2. The summed E-state index contributed by atoms with van der Waals surface area (Å²) in [4.78, 5) is 0. The Morgan fingerprint density at radius 3 is 2.35 bits per heavy atom. The van der Waals surface area contributed by atoms with Crippen molar-refractivity contribution in [2.45, 2.75) is 5.75 Å². The molecule has 17 heavy (non-hydrogen) atoms. The summed E-state index contributed by atoms with van der Waals surface area (Å²) in [5.74, 6) is -0.793. The highest BCUT2D eigenvalue weighted by Gasteiger charge is 2.21. The summed E-state index contributed by atoms with van der Waals surface area (Å²) in [6.07, 6.45) is 0. The summed E-state index contributed by atoms with van der Waals surface area (Å²) in [6.45, 7) is 0. The van der Waals surface area contributed by atoms with Crippen molar-refractivity contribution in [1.82, 2.24) is 0 Å². The number of phenolic OH excluding ortho intramolecular Hbond substituents is 1. The van der Waals surface area contributed by atoms with Crippen LogP contribution in [0.25, 0.3) is 0 Å². The van der Waals surface area contributed by atoms with Crippen LogP contribution in [-0.4, -0.2) is 27.7 Å². The Kier molecular flexibility index (Phi) is 4.35. The van der Waals surface area contributed by atoms with Gasteiger partial charge in [0, 0.05) is 22.3 Å². The fraction of sp³-hybridized carbons (Fsp3) is 0.333. The van der Waals surface area contributed by atoms with Gasteiger partial charge in [-0.25, -0.2) is 8.42 Å². The van der Waals surface area contributed by atoms with Crippen molar-refractivity contribution in [3.8, 4) is 17.2 Å². The van der Waals surface area contributed by atoms with E-state index in [1.807, 2.05) is 0 Å². The molecule has 0 fully saturated rings. The third-order valence-corrected chi connectivity index (χ3v) is 3.31. The minimum absolute atomic E-state index is 0.00668. The molecular formula is C9H10Cl2O5S. The van der Waals surface area contributed by atoms with Crippen LogP contribution in [0.15, 0.2) is 6.07 Å². The van der Waals surface area contributed by atoms with Gasteiger partial charge in [0.1, 0.15) is 0 Å². The van der Waals surface area contributed by atoms with Crippen LogP contribution in [0.4, 0.5) is 0 Å². The molecule has 0 aromatic heterocycles. The van der Waals surface area contributed by atoms with Gasteiger partial charge in [0.25, 0.3) is 0 Å². The van der Waals surface area contributed by atoms with E-state index in [9.17, 15) is 13.5 Å². The molecular weight excluding hydrogens is 291 g/mol. The average Bonchev–Trinajstić information content (AvgIpc) is 2.22. The first-order valence-electron chi connectivity index (χ1n) is 4.34. The number of phenols is 1. The first kappa shape index (κ1) is 14.2. The largest absolute Gasteiger partial charge is 0.504 e. The molecule has 1 N–H and O–H groups in total. The van der Waals surface area contributed by atoms with Crippen LogP contribution in [0.2, 0.25) is 5.02 Å². The summed E-state index contributed by atoms with van der Waals surface area (Å²) in [5, 5.41) is 9.86.